The number of hydrogen-bond donors (Lipinski definition) is 1. The van der Waals surface area contributed by atoms with Crippen molar-refractivity contribution in [1.29, 1.82) is 0 Å². The van der Waals surface area contributed by atoms with Crippen molar-refractivity contribution in [3.05, 3.63) is 18.0 Å². The van der Waals surface area contributed by atoms with Crippen LogP contribution in [0.3, 0.4) is 0 Å². The van der Waals surface area contributed by atoms with E-state index >= 15 is 0 Å². The van der Waals surface area contributed by atoms with Crippen molar-refractivity contribution < 1.29 is 4.74 Å². The molecule has 2 atom stereocenters. The predicted molar refractivity (Wildman–Crippen MR) is 72.5 cm³/mol. The van der Waals surface area contributed by atoms with Gasteiger partial charge in [-0.15, -0.1) is 0 Å². The van der Waals surface area contributed by atoms with Gasteiger partial charge >= 0.3 is 0 Å². The molecule has 18 heavy (non-hydrogen) atoms. The van der Waals surface area contributed by atoms with Crippen molar-refractivity contribution in [3.63, 3.8) is 0 Å². The molecule has 0 spiro atoms. The maximum Gasteiger partial charge on any atom is 0.0771 e. The lowest BCUT2D eigenvalue weighted by Gasteiger charge is -2.23. The smallest absolute Gasteiger partial charge is 0.0771 e. The number of hydrogen-bond acceptors (Lipinski definition) is 3. The minimum Gasteiger partial charge on any atom is -0.376 e. The van der Waals surface area contributed by atoms with Gasteiger partial charge in [0.2, 0.25) is 0 Å². The molecule has 102 valence electrons. The molecule has 1 fully saturated rings. The standard InChI is InChI=1S/C14H25N3O/c1-3-7-15-14(13-6-5-9-18-13)12-10-16-17(11-12)8-4-2/h10-11,13-15H,3-9H2,1-2H3. The Morgan fingerprint density at radius 2 is 2.39 bits per heavy atom. The van der Waals surface area contributed by atoms with E-state index in [-0.39, 0.29) is 0 Å². The summed E-state index contributed by atoms with van der Waals surface area (Å²) in [5.74, 6) is 0. The normalized spacial score (nSPS) is 21.3. The maximum atomic E-state index is 5.84. The van der Waals surface area contributed by atoms with Crippen molar-refractivity contribution >= 4 is 0 Å². The average molecular weight is 251 g/mol. The summed E-state index contributed by atoms with van der Waals surface area (Å²) >= 11 is 0. The highest BCUT2D eigenvalue weighted by molar-refractivity contribution is 5.13. The first-order valence-corrected chi connectivity index (χ1v) is 7.22. The predicted octanol–water partition coefficient (Wildman–Crippen LogP) is 2.51. The van der Waals surface area contributed by atoms with Crippen LogP contribution < -0.4 is 5.32 Å². The summed E-state index contributed by atoms with van der Waals surface area (Å²) in [4.78, 5) is 0. The van der Waals surface area contributed by atoms with Gasteiger partial charge in [0.05, 0.1) is 18.3 Å². The molecule has 0 saturated carbocycles. The Morgan fingerprint density at radius 3 is 3.06 bits per heavy atom. The molecule has 1 aromatic rings. The van der Waals surface area contributed by atoms with Crippen LogP contribution >= 0.6 is 0 Å². The van der Waals surface area contributed by atoms with E-state index in [4.69, 9.17) is 4.74 Å². The minimum atomic E-state index is 0.304. The fourth-order valence-electron chi connectivity index (χ4n) is 2.52. The van der Waals surface area contributed by atoms with Crippen LogP contribution in [0.25, 0.3) is 0 Å². The fourth-order valence-corrected chi connectivity index (χ4v) is 2.52. The SMILES string of the molecule is CCCNC(c1cnn(CCC)c1)C1CCCO1. The summed E-state index contributed by atoms with van der Waals surface area (Å²) in [6.45, 7) is 7.29. The van der Waals surface area contributed by atoms with Gasteiger partial charge in [0, 0.05) is 24.9 Å². The molecule has 2 heterocycles. The number of aryl methyl sites for hydroxylation is 1. The molecule has 1 saturated heterocycles. The summed E-state index contributed by atoms with van der Waals surface area (Å²) in [5.41, 5.74) is 1.27. The lowest BCUT2D eigenvalue weighted by molar-refractivity contribution is 0.0783. The van der Waals surface area contributed by atoms with E-state index in [1.54, 1.807) is 0 Å². The van der Waals surface area contributed by atoms with Crippen molar-refractivity contribution in [2.24, 2.45) is 0 Å². The molecule has 4 nitrogen and oxygen atoms in total. The molecule has 0 amide bonds. The number of ether oxygens (including phenoxy) is 1. The third-order valence-electron chi connectivity index (χ3n) is 3.42. The zero-order valence-corrected chi connectivity index (χ0v) is 11.6. The summed E-state index contributed by atoms with van der Waals surface area (Å²) in [7, 11) is 0. The van der Waals surface area contributed by atoms with Crippen molar-refractivity contribution in [2.45, 2.75) is 58.2 Å². The van der Waals surface area contributed by atoms with Crippen LogP contribution in [0.5, 0.6) is 0 Å². The molecule has 2 rings (SSSR count). The van der Waals surface area contributed by atoms with Crippen LogP contribution in [-0.4, -0.2) is 29.0 Å². The molecule has 0 aromatic carbocycles. The first-order chi connectivity index (χ1) is 8.85. The summed E-state index contributed by atoms with van der Waals surface area (Å²) in [6.07, 6.45) is 9.07. The second-order valence-corrected chi connectivity index (χ2v) is 5.02. The third-order valence-corrected chi connectivity index (χ3v) is 3.42. The van der Waals surface area contributed by atoms with E-state index in [9.17, 15) is 0 Å². The average Bonchev–Trinajstić information content (AvgIpc) is 3.02. The quantitative estimate of drug-likeness (QED) is 0.809. The highest BCUT2D eigenvalue weighted by Gasteiger charge is 2.27. The van der Waals surface area contributed by atoms with Crippen LogP contribution in [0.1, 0.15) is 51.1 Å². The molecule has 0 radical (unpaired) electrons. The Kier molecular flexibility index (Phi) is 5.20. The Balaban J connectivity index is 2.05. The molecule has 2 unspecified atom stereocenters. The van der Waals surface area contributed by atoms with E-state index < -0.39 is 0 Å². The molecular formula is C14H25N3O. The van der Waals surface area contributed by atoms with E-state index in [0.29, 0.717) is 12.1 Å². The Hall–Kier alpha value is -0.870. The van der Waals surface area contributed by atoms with E-state index in [2.05, 4.69) is 30.5 Å². The highest BCUT2D eigenvalue weighted by Crippen LogP contribution is 2.26. The maximum absolute atomic E-state index is 5.84. The monoisotopic (exact) mass is 251 g/mol. The molecule has 1 N–H and O–H groups in total. The second-order valence-electron chi connectivity index (χ2n) is 5.02. The Labute approximate surface area is 110 Å². The molecule has 1 aromatic heterocycles. The molecular weight excluding hydrogens is 226 g/mol. The zero-order valence-electron chi connectivity index (χ0n) is 11.6. The van der Waals surface area contributed by atoms with Crippen LogP contribution in [-0.2, 0) is 11.3 Å². The van der Waals surface area contributed by atoms with Gasteiger partial charge in [-0.1, -0.05) is 13.8 Å². The van der Waals surface area contributed by atoms with E-state index in [1.807, 2.05) is 10.9 Å². The van der Waals surface area contributed by atoms with E-state index in [0.717, 1.165) is 39.0 Å². The second kappa shape index (κ2) is 6.90. The van der Waals surface area contributed by atoms with Gasteiger partial charge in [0.15, 0.2) is 0 Å². The van der Waals surface area contributed by atoms with Crippen molar-refractivity contribution in [2.75, 3.05) is 13.2 Å². The van der Waals surface area contributed by atoms with Gasteiger partial charge in [-0.05, 0) is 32.2 Å². The van der Waals surface area contributed by atoms with Crippen molar-refractivity contribution in [1.82, 2.24) is 15.1 Å². The van der Waals surface area contributed by atoms with Crippen LogP contribution in [0.15, 0.2) is 12.4 Å². The molecule has 0 aliphatic carbocycles. The van der Waals surface area contributed by atoms with Crippen LogP contribution in [0.2, 0.25) is 0 Å². The topological polar surface area (TPSA) is 39.1 Å². The lowest BCUT2D eigenvalue weighted by atomic mass is 10.0. The lowest BCUT2D eigenvalue weighted by Crippen LogP contribution is -2.32. The summed E-state index contributed by atoms with van der Waals surface area (Å²) in [6, 6.07) is 0.304. The zero-order chi connectivity index (χ0) is 12.8. The molecule has 0 bridgehead atoms. The van der Waals surface area contributed by atoms with Gasteiger partial charge < -0.3 is 10.1 Å². The van der Waals surface area contributed by atoms with Gasteiger partial charge in [0.25, 0.3) is 0 Å². The van der Waals surface area contributed by atoms with Gasteiger partial charge in [0.1, 0.15) is 0 Å². The third kappa shape index (κ3) is 3.33. The number of rotatable bonds is 7. The van der Waals surface area contributed by atoms with Crippen LogP contribution in [0.4, 0.5) is 0 Å². The molecule has 1 aliphatic heterocycles. The Bertz CT molecular complexity index is 345. The number of nitrogens with one attached hydrogen (secondary N) is 1. The first-order valence-electron chi connectivity index (χ1n) is 7.22. The van der Waals surface area contributed by atoms with Gasteiger partial charge in [-0.2, -0.15) is 5.10 Å². The van der Waals surface area contributed by atoms with Gasteiger partial charge in [-0.3, -0.25) is 4.68 Å². The number of nitrogens with zero attached hydrogens (tertiary/aromatic N) is 2. The summed E-state index contributed by atoms with van der Waals surface area (Å²) < 4.78 is 7.87. The largest absolute Gasteiger partial charge is 0.376 e. The van der Waals surface area contributed by atoms with Gasteiger partial charge in [-0.25, -0.2) is 0 Å². The highest BCUT2D eigenvalue weighted by atomic mass is 16.5. The van der Waals surface area contributed by atoms with E-state index in [1.165, 1.54) is 12.0 Å². The summed E-state index contributed by atoms with van der Waals surface area (Å²) in [5, 5.41) is 8.03. The fraction of sp³-hybridized carbons (Fsp3) is 0.786. The number of aromatic nitrogens is 2. The molecule has 4 heteroatoms. The minimum absolute atomic E-state index is 0.304. The van der Waals surface area contributed by atoms with Crippen LogP contribution in [0, 0.1) is 0 Å². The Morgan fingerprint density at radius 1 is 1.50 bits per heavy atom. The first kappa shape index (κ1) is 13.6. The molecule has 1 aliphatic rings. The van der Waals surface area contributed by atoms with Crippen molar-refractivity contribution in [3.8, 4) is 0 Å².